The fourth-order valence-corrected chi connectivity index (χ4v) is 2.10. The van der Waals surface area contributed by atoms with Crippen molar-refractivity contribution in [2.45, 2.75) is 57.9 Å². The van der Waals surface area contributed by atoms with E-state index in [0.717, 1.165) is 0 Å². The normalized spacial score (nSPS) is 20.6. The van der Waals surface area contributed by atoms with Crippen molar-refractivity contribution in [3.63, 3.8) is 0 Å². The predicted molar refractivity (Wildman–Crippen MR) is 69.5 cm³/mol. The van der Waals surface area contributed by atoms with Crippen LogP contribution >= 0.6 is 0 Å². The first-order valence-electron chi connectivity index (χ1n) is 6.69. The summed E-state index contributed by atoms with van der Waals surface area (Å²) in [6.45, 7) is 6.92. The minimum atomic E-state index is -4.18. The maximum Gasteiger partial charge on any atom is 0.408 e. The highest BCUT2D eigenvalue weighted by atomic mass is 19.4. The van der Waals surface area contributed by atoms with E-state index in [1.54, 1.807) is 6.92 Å². The zero-order valence-electron chi connectivity index (χ0n) is 12.4. The number of hydrogen-bond donors (Lipinski definition) is 1. The molecule has 0 bridgehead atoms. The van der Waals surface area contributed by atoms with Gasteiger partial charge in [-0.15, -0.1) is 0 Å². The van der Waals surface area contributed by atoms with Gasteiger partial charge in [0.05, 0.1) is 6.54 Å². The van der Waals surface area contributed by atoms with Crippen LogP contribution in [0, 0.1) is 0 Å². The van der Waals surface area contributed by atoms with Crippen LogP contribution in [0.25, 0.3) is 0 Å². The van der Waals surface area contributed by atoms with Gasteiger partial charge >= 0.3 is 12.3 Å². The molecule has 0 atom stereocenters. The molecule has 0 aromatic carbocycles. The Morgan fingerprint density at radius 3 is 2.15 bits per heavy atom. The Bertz CT molecular complexity index is 343. The van der Waals surface area contributed by atoms with Crippen molar-refractivity contribution in [1.29, 1.82) is 0 Å². The Balaban J connectivity index is 2.44. The molecule has 1 amide bonds. The molecule has 0 aliphatic carbocycles. The highest BCUT2D eigenvalue weighted by Crippen LogP contribution is 2.28. The van der Waals surface area contributed by atoms with Gasteiger partial charge in [0.1, 0.15) is 5.60 Å². The van der Waals surface area contributed by atoms with Crippen molar-refractivity contribution in [1.82, 2.24) is 10.2 Å². The van der Waals surface area contributed by atoms with Crippen molar-refractivity contribution in [2.24, 2.45) is 0 Å². The average molecular weight is 296 g/mol. The van der Waals surface area contributed by atoms with Crippen LogP contribution in [-0.2, 0) is 4.74 Å². The third-order valence-corrected chi connectivity index (χ3v) is 3.13. The average Bonchev–Trinajstić information content (AvgIpc) is 2.16. The third-order valence-electron chi connectivity index (χ3n) is 3.13. The smallest absolute Gasteiger partial charge is 0.408 e. The summed E-state index contributed by atoms with van der Waals surface area (Å²) in [6, 6.07) is 0. The molecule has 1 heterocycles. The number of alkyl halides is 3. The molecule has 4 nitrogen and oxygen atoms in total. The number of piperidine rings is 1. The van der Waals surface area contributed by atoms with Gasteiger partial charge in [0, 0.05) is 18.6 Å². The van der Waals surface area contributed by atoms with Crippen LogP contribution in [0.15, 0.2) is 0 Å². The van der Waals surface area contributed by atoms with Gasteiger partial charge < -0.3 is 10.1 Å². The quantitative estimate of drug-likeness (QED) is 0.852. The molecule has 0 saturated carbocycles. The standard InChI is InChI=1S/C13H23F3N2O2/c1-11(2,3)17-10(19)20-12(4)5-7-18(8-6-12)9-13(14,15)16/h5-9H2,1-4H3,(H,17,19). The molecule has 0 spiro atoms. The van der Waals surface area contributed by atoms with Crippen LogP contribution in [0.3, 0.4) is 0 Å². The zero-order chi connectivity index (χ0) is 15.6. The third kappa shape index (κ3) is 6.45. The van der Waals surface area contributed by atoms with Crippen molar-refractivity contribution in [3.8, 4) is 0 Å². The maximum absolute atomic E-state index is 12.3. The summed E-state index contributed by atoms with van der Waals surface area (Å²) in [5.74, 6) is 0. The summed E-state index contributed by atoms with van der Waals surface area (Å²) in [4.78, 5) is 13.1. The molecule has 20 heavy (non-hydrogen) atoms. The van der Waals surface area contributed by atoms with Gasteiger partial charge in [-0.3, -0.25) is 4.90 Å². The molecule has 1 N–H and O–H groups in total. The van der Waals surface area contributed by atoms with Crippen molar-refractivity contribution in [2.75, 3.05) is 19.6 Å². The van der Waals surface area contributed by atoms with E-state index in [1.165, 1.54) is 4.90 Å². The summed E-state index contributed by atoms with van der Waals surface area (Å²) < 4.78 is 42.3. The number of alkyl carbamates (subject to hydrolysis) is 1. The highest BCUT2D eigenvalue weighted by Gasteiger charge is 2.38. The first-order chi connectivity index (χ1) is 8.89. The number of likely N-dealkylation sites (tertiary alicyclic amines) is 1. The van der Waals surface area contributed by atoms with Gasteiger partial charge in [-0.1, -0.05) is 0 Å². The Labute approximate surface area is 117 Å². The molecule has 1 aliphatic heterocycles. The van der Waals surface area contributed by atoms with Crippen molar-refractivity contribution >= 4 is 6.09 Å². The lowest BCUT2D eigenvalue weighted by molar-refractivity contribution is -0.153. The number of carbonyl (C=O) groups excluding carboxylic acids is 1. The van der Waals surface area contributed by atoms with Crippen LogP contribution in [0.2, 0.25) is 0 Å². The lowest BCUT2D eigenvalue weighted by Crippen LogP contribution is -2.50. The number of rotatable bonds is 2. The molecule has 7 heteroatoms. The molecule has 0 radical (unpaired) electrons. The monoisotopic (exact) mass is 296 g/mol. The van der Waals surface area contributed by atoms with E-state index < -0.39 is 30.0 Å². The Kier molecular flexibility index (Phi) is 4.94. The molecule has 1 rings (SSSR count). The fourth-order valence-electron chi connectivity index (χ4n) is 2.10. The van der Waals surface area contributed by atoms with Crippen LogP contribution in [0.5, 0.6) is 0 Å². The first-order valence-corrected chi connectivity index (χ1v) is 6.69. The van der Waals surface area contributed by atoms with Crippen LogP contribution in [0.4, 0.5) is 18.0 Å². The Morgan fingerprint density at radius 1 is 1.25 bits per heavy atom. The molecule has 0 aromatic heterocycles. The van der Waals surface area contributed by atoms with E-state index in [-0.39, 0.29) is 13.1 Å². The van der Waals surface area contributed by atoms with Gasteiger partial charge in [0.2, 0.25) is 0 Å². The fraction of sp³-hybridized carbons (Fsp3) is 0.923. The van der Waals surface area contributed by atoms with Crippen molar-refractivity contribution in [3.05, 3.63) is 0 Å². The maximum atomic E-state index is 12.3. The Morgan fingerprint density at radius 2 is 1.75 bits per heavy atom. The summed E-state index contributed by atoms with van der Waals surface area (Å²) in [6.07, 6.45) is -3.90. The van der Waals surface area contributed by atoms with Gasteiger partial charge in [-0.2, -0.15) is 13.2 Å². The topological polar surface area (TPSA) is 41.6 Å². The second-order valence-electron chi connectivity index (χ2n) is 6.61. The van der Waals surface area contributed by atoms with E-state index in [2.05, 4.69) is 5.32 Å². The lowest BCUT2D eigenvalue weighted by atomic mass is 9.93. The lowest BCUT2D eigenvalue weighted by Gasteiger charge is -2.39. The number of hydrogen-bond acceptors (Lipinski definition) is 3. The van der Waals surface area contributed by atoms with Crippen molar-refractivity contribution < 1.29 is 22.7 Å². The molecule has 1 saturated heterocycles. The molecule has 0 unspecified atom stereocenters. The minimum absolute atomic E-state index is 0.277. The van der Waals surface area contributed by atoms with E-state index in [9.17, 15) is 18.0 Å². The molecule has 1 fully saturated rings. The first kappa shape index (κ1) is 17.1. The van der Waals surface area contributed by atoms with Gasteiger partial charge in [0.25, 0.3) is 0 Å². The number of nitrogens with zero attached hydrogens (tertiary/aromatic N) is 1. The predicted octanol–water partition coefficient (Wildman–Crippen LogP) is 2.93. The van der Waals surface area contributed by atoms with Crippen LogP contribution in [0.1, 0.15) is 40.5 Å². The zero-order valence-corrected chi connectivity index (χ0v) is 12.4. The molecule has 1 aliphatic rings. The van der Waals surface area contributed by atoms with Crippen LogP contribution in [-0.4, -0.2) is 47.9 Å². The largest absolute Gasteiger partial charge is 0.443 e. The summed E-state index contributed by atoms with van der Waals surface area (Å²) in [5.41, 5.74) is -1.10. The van der Waals surface area contributed by atoms with Gasteiger partial charge in [-0.05, 0) is 40.5 Å². The number of halogens is 3. The van der Waals surface area contributed by atoms with Crippen LogP contribution < -0.4 is 5.32 Å². The number of amides is 1. The summed E-state index contributed by atoms with van der Waals surface area (Å²) >= 11 is 0. The number of carbonyl (C=O) groups is 1. The SMILES string of the molecule is CC(C)(C)NC(=O)OC1(C)CCN(CC(F)(F)F)CC1. The van der Waals surface area contributed by atoms with E-state index >= 15 is 0 Å². The summed E-state index contributed by atoms with van der Waals surface area (Å²) in [7, 11) is 0. The van der Waals surface area contributed by atoms with Gasteiger partial charge in [-0.25, -0.2) is 4.79 Å². The molecule has 0 aromatic rings. The number of ether oxygens (including phenoxy) is 1. The molecular formula is C13H23F3N2O2. The van der Waals surface area contributed by atoms with E-state index in [4.69, 9.17) is 4.74 Å². The molecular weight excluding hydrogens is 273 g/mol. The summed E-state index contributed by atoms with van der Waals surface area (Å²) in [5, 5.41) is 2.69. The number of nitrogens with one attached hydrogen (secondary N) is 1. The highest BCUT2D eigenvalue weighted by molar-refractivity contribution is 5.68. The van der Waals surface area contributed by atoms with Gasteiger partial charge in [0.15, 0.2) is 0 Å². The molecule has 118 valence electrons. The van der Waals surface area contributed by atoms with E-state index in [0.29, 0.717) is 12.8 Å². The second-order valence-corrected chi connectivity index (χ2v) is 6.61. The minimum Gasteiger partial charge on any atom is -0.443 e. The Hall–Kier alpha value is -0.980. The van der Waals surface area contributed by atoms with E-state index in [1.807, 2.05) is 20.8 Å². The second kappa shape index (κ2) is 5.79.